The van der Waals surface area contributed by atoms with Crippen LogP contribution in [0.15, 0.2) is 0 Å². The molecule has 3 rings (SSSR count). The zero-order valence-electron chi connectivity index (χ0n) is 11.9. The lowest BCUT2D eigenvalue weighted by molar-refractivity contribution is -0.151. The minimum Gasteiger partial charge on any atom is -0.480 e. The molecule has 0 spiro atoms. The third-order valence-electron chi connectivity index (χ3n) is 5.24. The predicted molar refractivity (Wildman–Crippen MR) is 74.3 cm³/mol. The average molecular weight is 280 g/mol. The fourth-order valence-corrected chi connectivity index (χ4v) is 4.24. The van der Waals surface area contributed by atoms with Crippen LogP contribution in [0.25, 0.3) is 0 Å². The van der Waals surface area contributed by atoms with Crippen molar-refractivity contribution in [2.24, 2.45) is 5.92 Å². The van der Waals surface area contributed by atoms with E-state index in [-0.39, 0.29) is 18.0 Å². The molecule has 1 saturated carbocycles. The van der Waals surface area contributed by atoms with E-state index in [1.807, 2.05) is 0 Å². The number of likely N-dealkylation sites (tertiary alicyclic amines) is 1. The number of fused-ring (bicyclic) bond motifs is 1. The molecule has 2 aliphatic heterocycles. The van der Waals surface area contributed by atoms with Crippen molar-refractivity contribution >= 4 is 11.9 Å². The number of carbonyl (C=O) groups excluding carboxylic acids is 1. The molecule has 2 saturated heterocycles. The molecule has 5 nitrogen and oxygen atoms in total. The highest BCUT2D eigenvalue weighted by atomic mass is 16.4. The number of amides is 1. The highest BCUT2D eigenvalue weighted by Crippen LogP contribution is 2.40. The van der Waals surface area contributed by atoms with Crippen molar-refractivity contribution in [1.82, 2.24) is 10.2 Å². The molecule has 20 heavy (non-hydrogen) atoms. The number of rotatable bonds is 2. The molecular weight excluding hydrogens is 256 g/mol. The minimum atomic E-state index is -0.830. The number of hydrogen-bond donors (Lipinski definition) is 2. The van der Waals surface area contributed by atoms with Crippen LogP contribution in [-0.4, -0.2) is 46.6 Å². The van der Waals surface area contributed by atoms with E-state index in [1.54, 1.807) is 4.90 Å². The number of carbonyl (C=O) groups is 2. The Morgan fingerprint density at radius 1 is 1.05 bits per heavy atom. The van der Waals surface area contributed by atoms with Crippen molar-refractivity contribution in [1.29, 1.82) is 0 Å². The fourth-order valence-electron chi connectivity index (χ4n) is 4.24. The molecule has 3 unspecified atom stereocenters. The number of piperidine rings is 1. The first-order chi connectivity index (χ1) is 9.68. The van der Waals surface area contributed by atoms with Crippen LogP contribution >= 0.6 is 0 Å². The van der Waals surface area contributed by atoms with E-state index in [4.69, 9.17) is 0 Å². The van der Waals surface area contributed by atoms with Crippen LogP contribution in [0, 0.1) is 5.92 Å². The summed E-state index contributed by atoms with van der Waals surface area (Å²) >= 11 is 0. The van der Waals surface area contributed by atoms with E-state index in [0.29, 0.717) is 12.3 Å². The summed E-state index contributed by atoms with van der Waals surface area (Å²) in [6, 6.07) is -0.591. The van der Waals surface area contributed by atoms with Crippen LogP contribution in [0.1, 0.15) is 51.4 Å². The molecule has 1 amide bonds. The number of carboxylic acids is 1. The molecule has 0 radical (unpaired) electrons. The largest absolute Gasteiger partial charge is 0.480 e. The molecule has 5 heteroatoms. The molecule has 0 bridgehead atoms. The molecule has 0 aromatic carbocycles. The Bertz CT molecular complexity index is 393. The highest BCUT2D eigenvalue weighted by Gasteiger charge is 2.48. The van der Waals surface area contributed by atoms with Crippen molar-refractivity contribution in [3.05, 3.63) is 0 Å². The Kier molecular flexibility index (Phi) is 3.96. The van der Waals surface area contributed by atoms with E-state index in [0.717, 1.165) is 45.1 Å². The van der Waals surface area contributed by atoms with E-state index in [1.165, 1.54) is 6.42 Å². The zero-order chi connectivity index (χ0) is 14.1. The van der Waals surface area contributed by atoms with E-state index >= 15 is 0 Å². The smallest absolute Gasteiger partial charge is 0.326 e. The first-order valence-corrected chi connectivity index (χ1v) is 7.97. The summed E-state index contributed by atoms with van der Waals surface area (Å²) in [4.78, 5) is 26.0. The molecule has 3 aliphatic rings. The lowest BCUT2D eigenvalue weighted by atomic mass is 9.84. The predicted octanol–water partition coefficient (Wildman–Crippen LogP) is 1.37. The van der Waals surface area contributed by atoms with Crippen molar-refractivity contribution in [3.63, 3.8) is 0 Å². The first-order valence-electron chi connectivity index (χ1n) is 7.97. The first kappa shape index (κ1) is 13.9. The van der Waals surface area contributed by atoms with Gasteiger partial charge in [-0.3, -0.25) is 4.79 Å². The standard InChI is InChI=1S/C15H24N2O3/c18-14(11-6-3-4-8-16-11)17-12-7-2-1-5-10(12)9-13(17)15(19)20/h10-13,16H,1-9H2,(H,19,20)/t10?,11-,12?,13?/m1/s1. The summed E-state index contributed by atoms with van der Waals surface area (Å²) < 4.78 is 0. The number of nitrogens with zero attached hydrogens (tertiary/aromatic N) is 1. The van der Waals surface area contributed by atoms with Crippen molar-refractivity contribution < 1.29 is 14.7 Å². The molecule has 112 valence electrons. The quantitative estimate of drug-likeness (QED) is 0.801. The minimum absolute atomic E-state index is 0.0338. The van der Waals surface area contributed by atoms with Crippen LogP contribution in [0.4, 0.5) is 0 Å². The van der Waals surface area contributed by atoms with Gasteiger partial charge in [0.1, 0.15) is 6.04 Å². The maximum atomic E-state index is 12.8. The average Bonchev–Trinajstić information content (AvgIpc) is 2.87. The Morgan fingerprint density at radius 3 is 2.50 bits per heavy atom. The zero-order valence-corrected chi connectivity index (χ0v) is 11.9. The van der Waals surface area contributed by atoms with Crippen molar-refractivity contribution in [2.45, 2.75) is 69.5 Å². The van der Waals surface area contributed by atoms with Gasteiger partial charge in [0.2, 0.25) is 5.91 Å². The Morgan fingerprint density at radius 2 is 1.80 bits per heavy atom. The van der Waals surface area contributed by atoms with Crippen LogP contribution in [0.5, 0.6) is 0 Å². The number of carboxylic acid groups (broad SMARTS) is 1. The summed E-state index contributed by atoms with van der Waals surface area (Å²) in [5, 5.41) is 12.7. The topological polar surface area (TPSA) is 69.6 Å². The van der Waals surface area contributed by atoms with Gasteiger partial charge in [0.25, 0.3) is 0 Å². The molecule has 0 aromatic heterocycles. The van der Waals surface area contributed by atoms with Crippen LogP contribution in [0.2, 0.25) is 0 Å². The van der Waals surface area contributed by atoms with Crippen molar-refractivity contribution in [3.8, 4) is 0 Å². The molecule has 1 aliphatic carbocycles. The van der Waals surface area contributed by atoms with Gasteiger partial charge in [-0.2, -0.15) is 0 Å². The maximum Gasteiger partial charge on any atom is 0.326 e. The summed E-state index contributed by atoms with van der Waals surface area (Å²) in [6.45, 7) is 0.871. The molecular formula is C15H24N2O3. The lowest BCUT2D eigenvalue weighted by Crippen LogP contribution is -2.54. The van der Waals surface area contributed by atoms with Gasteiger partial charge in [-0.15, -0.1) is 0 Å². The molecule has 0 aromatic rings. The van der Waals surface area contributed by atoms with Crippen molar-refractivity contribution in [2.75, 3.05) is 6.54 Å². The SMILES string of the molecule is O=C(O)C1CC2CCCCC2N1C(=O)[C@H]1CCCCN1. The monoisotopic (exact) mass is 280 g/mol. The summed E-state index contributed by atoms with van der Waals surface area (Å²) in [6.07, 6.45) is 8.02. The van der Waals surface area contributed by atoms with E-state index in [9.17, 15) is 14.7 Å². The van der Waals surface area contributed by atoms with Crippen LogP contribution < -0.4 is 5.32 Å². The molecule has 2 heterocycles. The van der Waals surface area contributed by atoms with E-state index < -0.39 is 12.0 Å². The molecule has 2 N–H and O–H groups in total. The fraction of sp³-hybridized carbons (Fsp3) is 0.867. The van der Waals surface area contributed by atoms with Crippen LogP contribution in [0.3, 0.4) is 0 Å². The second kappa shape index (κ2) is 5.72. The highest BCUT2D eigenvalue weighted by molar-refractivity contribution is 5.88. The van der Waals surface area contributed by atoms with Gasteiger partial charge in [-0.05, 0) is 44.6 Å². The Labute approximate surface area is 119 Å². The number of hydrogen-bond acceptors (Lipinski definition) is 3. The third-order valence-corrected chi connectivity index (χ3v) is 5.24. The Balaban J connectivity index is 1.79. The maximum absolute atomic E-state index is 12.8. The summed E-state index contributed by atoms with van der Waals surface area (Å²) in [5.41, 5.74) is 0. The van der Waals surface area contributed by atoms with Gasteiger partial charge >= 0.3 is 5.97 Å². The van der Waals surface area contributed by atoms with Crippen LogP contribution in [-0.2, 0) is 9.59 Å². The van der Waals surface area contributed by atoms with Gasteiger partial charge < -0.3 is 15.3 Å². The normalized spacial score (nSPS) is 37.5. The summed E-state index contributed by atoms with van der Waals surface area (Å²) in [5.74, 6) is -0.396. The number of aliphatic carboxylic acids is 1. The van der Waals surface area contributed by atoms with Gasteiger partial charge in [0.05, 0.1) is 6.04 Å². The van der Waals surface area contributed by atoms with Gasteiger partial charge in [-0.1, -0.05) is 19.3 Å². The van der Waals surface area contributed by atoms with E-state index in [2.05, 4.69) is 5.32 Å². The lowest BCUT2D eigenvalue weighted by Gasteiger charge is -2.36. The second-order valence-corrected chi connectivity index (χ2v) is 6.45. The van der Waals surface area contributed by atoms with Gasteiger partial charge in [0, 0.05) is 6.04 Å². The second-order valence-electron chi connectivity index (χ2n) is 6.45. The third kappa shape index (κ3) is 2.43. The number of nitrogens with one attached hydrogen (secondary N) is 1. The molecule has 4 atom stereocenters. The van der Waals surface area contributed by atoms with Gasteiger partial charge in [0.15, 0.2) is 0 Å². The van der Waals surface area contributed by atoms with Gasteiger partial charge in [-0.25, -0.2) is 4.79 Å². The summed E-state index contributed by atoms with van der Waals surface area (Å²) in [7, 11) is 0. The molecule has 3 fully saturated rings. The Hall–Kier alpha value is -1.10.